The van der Waals surface area contributed by atoms with Gasteiger partial charge < -0.3 is 28.8 Å². The number of hydrogen-bond donors (Lipinski definition) is 1. The van der Waals surface area contributed by atoms with Gasteiger partial charge in [-0.2, -0.15) is 0 Å². The van der Waals surface area contributed by atoms with Crippen molar-refractivity contribution >= 4 is 0 Å². The van der Waals surface area contributed by atoms with Gasteiger partial charge in [0.05, 0.1) is 33.5 Å². The lowest BCUT2D eigenvalue weighted by Crippen LogP contribution is -2.16. The van der Waals surface area contributed by atoms with Crippen molar-refractivity contribution < 1.29 is 28.8 Å². The summed E-state index contributed by atoms with van der Waals surface area (Å²) in [5, 5.41) is 8.98. The highest BCUT2D eigenvalue weighted by Crippen LogP contribution is 2.35. The highest BCUT2D eigenvalue weighted by atomic mass is 16.6. The Labute approximate surface area is 191 Å². The van der Waals surface area contributed by atoms with Gasteiger partial charge in [0, 0.05) is 6.42 Å². The highest BCUT2D eigenvalue weighted by Gasteiger charge is 2.20. The van der Waals surface area contributed by atoms with Crippen molar-refractivity contribution in [2.75, 3.05) is 40.1 Å². The van der Waals surface area contributed by atoms with Crippen LogP contribution in [0, 0.1) is 0 Å². The molecule has 3 rings (SSSR count). The Kier molecular flexibility index (Phi) is 9.06. The van der Waals surface area contributed by atoms with E-state index < -0.39 is 0 Å². The molecule has 32 heavy (non-hydrogen) atoms. The molecule has 0 bridgehead atoms. The molecule has 1 aliphatic heterocycles. The lowest BCUT2D eigenvalue weighted by Gasteiger charge is -2.19. The smallest absolute Gasteiger partial charge is 0.161 e. The molecular weight excluding hydrogens is 408 g/mol. The van der Waals surface area contributed by atoms with Crippen LogP contribution in [0.25, 0.3) is 0 Å². The Bertz CT molecular complexity index is 844. The molecule has 0 saturated carbocycles. The van der Waals surface area contributed by atoms with E-state index in [0.717, 1.165) is 36.5 Å². The first-order valence-corrected chi connectivity index (χ1v) is 11.4. The van der Waals surface area contributed by atoms with E-state index in [2.05, 4.69) is 32.9 Å². The van der Waals surface area contributed by atoms with Crippen LogP contribution in [0.15, 0.2) is 36.4 Å². The quantitative estimate of drug-likeness (QED) is 0.501. The summed E-state index contributed by atoms with van der Waals surface area (Å²) in [4.78, 5) is 0. The number of benzene rings is 2. The molecule has 0 aromatic heterocycles. The molecule has 1 unspecified atom stereocenters. The maximum Gasteiger partial charge on any atom is 0.161 e. The van der Waals surface area contributed by atoms with Crippen molar-refractivity contribution in [1.82, 2.24) is 0 Å². The molecule has 1 aliphatic rings. The number of hydrogen-bond acceptors (Lipinski definition) is 6. The van der Waals surface area contributed by atoms with Crippen LogP contribution in [-0.4, -0.2) is 51.4 Å². The molecule has 0 spiro atoms. The largest absolute Gasteiger partial charge is 0.493 e. The van der Waals surface area contributed by atoms with Crippen molar-refractivity contribution in [3.05, 3.63) is 47.5 Å². The monoisotopic (exact) mass is 444 g/mol. The molecule has 6 nitrogen and oxygen atoms in total. The molecule has 0 aliphatic carbocycles. The summed E-state index contributed by atoms with van der Waals surface area (Å²) >= 11 is 0. The molecule has 1 N–H and O–H groups in total. The van der Waals surface area contributed by atoms with Gasteiger partial charge >= 0.3 is 0 Å². The van der Waals surface area contributed by atoms with E-state index in [1.54, 1.807) is 7.11 Å². The topological polar surface area (TPSA) is 66.4 Å². The van der Waals surface area contributed by atoms with Crippen LogP contribution in [-0.2, 0) is 4.74 Å². The second-order valence-electron chi connectivity index (χ2n) is 8.48. The van der Waals surface area contributed by atoms with Crippen LogP contribution in [0.1, 0.15) is 56.6 Å². The fourth-order valence-electron chi connectivity index (χ4n) is 3.66. The van der Waals surface area contributed by atoms with Gasteiger partial charge in [-0.05, 0) is 53.6 Å². The number of ether oxygens (including phenoxy) is 5. The van der Waals surface area contributed by atoms with E-state index in [9.17, 15) is 0 Å². The van der Waals surface area contributed by atoms with Gasteiger partial charge in [0.15, 0.2) is 23.0 Å². The van der Waals surface area contributed by atoms with Gasteiger partial charge in [-0.15, -0.1) is 0 Å². The van der Waals surface area contributed by atoms with Crippen LogP contribution in [0.3, 0.4) is 0 Å². The molecule has 1 heterocycles. The minimum Gasteiger partial charge on any atom is -0.493 e. The van der Waals surface area contributed by atoms with Crippen molar-refractivity contribution in [3.63, 3.8) is 0 Å². The molecule has 0 radical (unpaired) electrons. The molecule has 2 aromatic carbocycles. The van der Waals surface area contributed by atoms with E-state index >= 15 is 0 Å². The number of rotatable bonds is 12. The van der Waals surface area contributed by atoms with Crippen LogP contribution in [0.2, 0.25) is 0 Å². The molecule has 2 aromatic rings. The SMILES string of the molecule is COc1cc(C(C)CCOc2cc(C(C)C)ccc2O[C@@H]2CCOC2)ccc1OCCO. The van der Waals surface area contributed by atoms with Crippen molar-refractivity contribution in [2.24, 2.45) is 0 Å². The highest BCUT2D eigenvalue weighted by molar-refractivity contribution is 5.45. The number of aliphatic hydroxyl groups excluding tert-OH is 1. The summed E-state index contributed by atoms with van der Waals surface area (Å²) in [5.41, 5.74) is 2.38. The zero-order valence-corrected chi connectivity index (χ0v) is 19.6. The zero-order valence-electron chi connectivity index (χ0n) is 19.6. The van der Waals surface area contributed by atoms with E-state index in [-0.39, 0.29) is 25.2 Å². The summed E-state index contributed by atoms with van der Waals surface area (Å²) < 4.78 is 28.8. The first-order valence-electron chi connectivity index (χ1n) is 11.4. The molecule has 176 valence electrons. The Morgan fingerprint density at radius 3 is 2.34 bits per heavy atom. The Morgan fingerprint density at radius 2 is 1.66 bits per heavy atom. The average Bonchev–Trinajstić information content (AvgIpc) is 3.31. The van der Waals surface area contributed by atoms with Crippen LogP contribution >= 0.6 is 0 Å². The zero-order chi connectivity index (χ0) is 22.9. The van der Waals surface area contributed by atoms with Crippen molar-refractivity contribution in [2.45, 2.75) is 51.6 Å². The third kappa shape index (κ3) is 6.53. The summed E-state index contributed by atoms with van der Waals surface area (Å²) in [6, 6.07) is 12.1. The fourth-order valence-corrected chi connectivity index (χ4v) is 3.66. The van der Waals surface area contributed by atoms with Crippen LogP contribution in [0.5, 0.6) is 23.0 Å². The first-order chi connectivity index (χ1) is 15.5. The summed E-state index contributed by atoms with van der Waals surface area (Å²) in [6.45, 7) is 8.68. The molecular formula is C26H36O6. The Hall–Kier alpha value is -2.44. The first kappa shape index (κ1) is 24.2. The third-order valence-corrected chi connectivity index (χ3v) is 5.73. The number of aliphatic hydroxyl groups is 1. The van der Waals surface area contributed by atoms with Crippen LogP contribution < -0.4 is 18.9 Å². The van der Waals surface area contributed by atoms with Crippen molar-refractivity contribution in [1.29, 1.82) is 0 Å². The molecule has 2 atom stereocenters. The van der Waals surface area contributed by atoms with Gasteiger partial charge in [-0.25, -0.2) is 0 Å². The Balaban J connectivity index is 1.63. The predicted octanol–water partition coefficient (Wildman–Crippen LogP) is 4.93. The predicted molar refractivity (Wildman–Crippen MR) is 124 cm³/mol. The fraction of sp³-hybridized carbons (Fsp3) is 0.538. The van der Waals surface area contributed by atoms with Gasteiger partial charge in [0.1, 0.15) is 12.7 Å². The van der Waals surface area contributed by atoms with E-state index in [1.165, 1.54) is 5.56 Å². The minimum absolute atomic E-state index is 0.0316. The molecule has 1 saturated heterocycles. The van der Waals surface area contributed by atoms with Gasteiger partial charge in [0.25, 0.3) is 0 Å². The molecule has 6 heteroatoms. The Morgan fingerprint density at radius 1 is 0.938 bits per heavy atom. The standard InChI is InChI=1S/C26H36O6/c1-18(2)20-5-8-24(32-22-10-12-29-17-22)26(15-20)30-13-9-19(3)21-6-7-23(31-14-11-27)25(16-21)28-4/h5-8,15-16,18-19,22,27H,9-14,17H2,1-4H3/t19?,22-/m1/s1. The van der Waals surface area contributed by atoms with Gasteiger partial charge in [-0.3, -0.25) is 0 Å². The number of methoxy groups -OCH3 is 1. The van der Waals surface area contributed by atoms with Crippen molar-refractivity contribution in [3.8, 4) is 23.0 Å². The minimum atomic E-state index is -0.0316. The summed E-state index contributed by atoms with van der Waals surface area (Å²) in [5.74, 6) is 3.57. The maximum atomic E-state index is 8.98. The van der Waals surface area contributed by atoms with E-state index in [1.807, 2.05) is 24.3 Å². The normalized spacial score (nSPS) is 16.8. The second kappa shape index (κ2) is 12.0. The molecule has 1 fully saturated rings. The van der Waals surface area contributed by atoms with Gasteiger partial charge in [-0.1, -0.05) is 32.9 Å². The average molecular weight is 445 g/mol. The lowest BCUT2D eigenvalue weighted by molar-refractivity contribution is 0.137. The van der Waals surface area contributed by atoms with E-state index in [4.69, 9.17) is 28.8 Å². The summed E-state index contributed by atoms with van der Waals surface area (Å²) in [6.07, 6.45) is 1.83. The lowest BCUT2D eigenvalue weighted by atomic mass is 9.98. The van der Waals surface area contributed by atoms with Gasteiger partial charge in [0.2, 0.25) is 0 Å². The molecule has 0 amide bonds. The van der Waals surface area contributed by atoms with Crippen LogP contribution in [0.4, 0.5) is 0 Å². The maximum absolute atomic E-state index is 8.98. The third-order valence-electron chi connectivity index (χ3n) is 5.73. The van der Waals surface area contributed by atoms with E-state index in [0.29, 0.717) is 30.6 Å². The summed E-state index contributed by atoms with van der Waals surface area (Å²) in [7, 11) is 1.62. The second-order valence-corrected chi connectivity index (χ2v) is 8.48.